The van der Waals surface area contributed by atoms with Crippen LogP contribution in [0.4, 0.5) is 16.0 Å². The molecule has 0 saturated heterocycles. The number of benzene rings is 1. The van der Waals surface area contributed by atoms with Gasteiger partial charge < -0.3 is 10.1 Å². The molecule has 0 aliphatic rings. The van der Waals surface area contributed by atoms with Gasteiger partial charge in [0, 0.05) is 13.1 Å². The molecule has 1 aromatic heterocycles. The van der Waals surface area contributed by atoms with E-state index in [0.29, 0.717) is 6.42 Å². The molecular formula is C13H13FN4O3. The molecule has 1 aromatic carbocycles. The maximum Gasteiger partial charge on any atom is 0.311 e. The molecule has 0 amide bonds. The molecular weight excluding hydrogens is 279 g/mol. The second-order valence-corrected chi connectivity index (χ2v) is 4.11. The number of nitro benzene ring substituents is 1. The summed E-state index contributed by atoms with van der Waals surface area (Å²) in [6.07, 6.45) is 1.58. The van der Waals surface area contributed by atoms with E-state index in [0.717, 1.165) is 11.8 Å². The summed E-state index contributed by atoms with van der Waals surface area (Å²) >= 11 is 0. The first-order chi connectivity index (χ1) is 10.0. The molecule has 0 atom stereocenters. The number of anilines is 1. The number of aryl methyl sites for hydroxylation is 1. The van der Waals surface area contributed by atoms with Gasteiger partial charge in [-0.05, 0) is 18.1 Å². The van der Waals surface area contributed by atoms with E-state index in [1.165, 1.54) is 12.1 Å². The van der Waals surface area contributed by atoms with E-state index < -0.39 is 10.7 Å². The number of hydrogen-bond acceptors (Lipinski definition) is 6. The SMILES string of the molecule is CCc1ccc(Oc2nc(NC)ncc2F)c([N+](=O)[O-])c1. The Labute approximate surface area is 120 Å². The average Bonchev–Trinajstić information content (AvgIpc) is 2.49. The van der Waals surface area contributed by atoms with Gasteiger partial charge in [0.05, 0.1) is 11.1 Å². The molecule has 0 saturated carbocycles. The lowest BCUT2D eigenvalue weighted by molar-refractivity contribution is -0.385. The largest absolute Gasteiger partial charge is 0.429 e. The lowest BCUT2D eigenvalue weighted by Gasteiger charge is -2.08. The van der Waals surface area contributed by atoms with Crippen LogP contribution in [0.15, 0.2) is 24.4 Å². The summed E-state index contributed by atoms with van der Waals surface area (Å²) in [5.41, 5.74) is 0.548. The van der Waals surface area contributed by atoms with Crippen molar-refractivity contribution >= 4 is 11.6 Å². The maximum atomic E-state index is 13.6. The molecule has 0 bridgehead atoms. The fourth-order valence-electron chi connectivity index (χ4n) is 1.66. The molecule has 110 valence electrons. The van der Waals surface area contributed by atoms with Crippen LogP contribution in [0, 0.1) is 15.9 Å². The second kappa shape index (κ2) is 6.12. The van der Waals surface area contributed by atoms with E-state index in [4.69, 9.17) is 4.74 Å². The van der Waals surface area contributed by atoms with E-state index in [-0.39, 0.29) is 23.3 Å². The first-order valence-corrected chi connectivity index (χ1v) is 6.20. The number of nitrogens with one attached hydrogen (secondary N) is 1. The predicted molar refractivity (Wildman–Crippen MR) is 74.1 cm³/mol. The molecule has 1 heterocycles. The van der Waals surface area contributed by atoms with Crippen molar-refractivity contribution in [2.75, 3.05) is 12.4 Å². The molecule has 0 unspecified atom stereocenters. The van der Waals surface area contributed by atoms with Crippen LogP contribution < -0.4 is 10.1 Å². The molecule has 0 radical (unpaired) electrons. The Kier molecular flexibility index (Phi) is 4.27. The van der Waals surface area contributed by atoms with Crippen LogP contribution in [0.3, 0.4) is 0 Å². The van der Waals surface area contributed by atoms with Crippen molar-refractivity contribution < 1.29 is 14.1 Å². The summed E-state index contributed by atoms with van der Waals surface area (Å²) in [6, 6.07) is 4.51. The highest BCUT2D eigenvalue weighted by atomic mass is 19.1. The molecule has 0 fully saturated rings. The van der Waals surface area contributed by atoms with Crippen molar-refractivity contribution in [2.45, 2.75) is 13.3 Å². The Morgan fingerprint density at radius 1 is 1.48 bits per heavy atom. The van der Waals surface area contributed by atoms with Gasteiger partial charge >= 0.3 is 5.69 Å². The van der Waals surface area contributed by atoms with Gasteiger partial charge in [0.1, 0.15) is 0 Å². The zero-order valence-corrected chi connectivity index (χ0v) is 11.5. The monoisotopic (exact) mass is 292 g/mol. The van der Waals surface area contributed by atoms with E-state index >= 15 is 0 Å². The standard InChI is InChI=1S/C13H13FN4O3/c1-3-8-4-5-11(10(6-8)18(19)20)21-12-9(14)7-16-13(15-2)17-12/h4-7H,3H2,1-2H3,(H,15,16,17). The quantitative estimate of drug-likeness (QED) is 0.673. The minimum Gasteiger partial charge on any atom is -0.429 e. The lowest BCUT2D eigenvalue weighted by Crippen LogP contribution is -2.01. The van der Waals surface area contributed by atoms with Crippen LogP contribution in [0.1, 0.15) is 12.5 Å². The summed E-state index contributed by atoms with van der Waals surface area (Å²) in [5.74, 6) is -1.10. The maximum absolute atomic E-state index is 13.6. The second-order valence-electron chi connectivity index (χ2n) is 4.11. The Balaban J connectivity index is 2.41. The fraction of sp³-hybridized carbons (Fsp3) is 0.231. The number of nitrogens with zero attached hydrogens (tertiary/aromatic N) is 3. The van der Waals surface area contributed by atoms with Crippen molar-refractivity contribution in [3.8, 4) is 11.6 Å². The van der Waals surface area contributed by atoms with Crippen molar-refractivity contribution in [3.05, 3.63) is 45.9 Å². The number of rotatable bonds is 5. The number of nitro groups is 1. The molecule has 7 nitrogen and oxygen atoms in total. The molecule has 1 N–H and O–H groups in total. The number of halogens is 1. The van der Waals surface area contributed by atoms with Crippen molar-refractivity contribution in [1.29, 1.82) is 0 Å². The highest BCUT2D eigenvalue weighted by Gasteiger charge is 2.19. The van der Waals surface area contributed by atoms with Gasteiger partial charge in [-0.25, -0.2) is 4.98 Å². The van der Waals surface area contributed by atoms with Crippen LogP contribution in [0.25, 0.3) is 0 Å². The van der Waals surface area contributed by atoms with Gasteiger partial charge in [0.25, 0.3) is 5.88 Å². The first-order valence-electron chi connectivity index (χ1n) is 6.20. The van der Waals surface area contributed by atoms with Gasteiger partial charge in [0.2, 0.25) is 17.5 Å². The van der Waals surface area contributed by atoms with Crippen molar-refractivity contribution in [1.82, 2.24) is 9.97 Å². The molecule has 2 aromatic rings. The molecule has 0 aliphatic heterocycles. The van der Waals surface area contributed by atoms with E-state index in [9.17, 15) is 14.5 Å². The summed E-state index contributed by atoms with van der Waals surface area (Å²) in [4.78, 5) is 18.0. The minimum absolute atomic E-state index is 0.0724. The van der Waals surface area contributed by atoms with Crippen molar-refractivity contribution in [3.63, 3.8) is 0 Å². The fourth-order valence-corrected chi connectivity index (χ4v) is 1.66. The molecule has 0 spiro atoms. The third-order valence-corrected chi connectivity index (χ3v) is 2.77. The minimum atomic E-state index is -0.803. The average molecular weight is 292 g/mol. The van der Waals surface area contributed by atoms with Crippen LogP contribution in [-0.4, -0.2) is 21.9 Å². The lowest BCUT2D eigenvalue weighted by atomic mass is 10.1. The van der Waals surface area contributed by atoms with Gasteiger partial charge in [-0.1, -0.05) is 13.0 Å². The number of ether oxygens (including phenoxy) is 1. The van der Waals surface area contributed by atoms with E-state index in [1.807, 2.05) is 6.92 Å². The summed E-state index contributed by atoms with van der Waals surface area (Å²) in [6.45, 7) is 1.88. The Morgan fingerprint density at radius 2 is 2.24 bits per heavy atom. The summed E-state index contributed by atoms with van der Waals surface area (Å²) < 4.78 is 18.9. The van der Waals surface area contributed by atoms with Crippen molar-refractivity contribution in [2.24, 2.45) is 0 Å². The third kappa shape index (κ3) is 3.22. The summed E-state index contributed by atoms with van der Waals surface area (Å²) in [7, 11) is 1.56. The van der Waals surface area contributed by atoms with Gasteiger partial charge in [-0.2, -0.15) is 9.37 Å². The topological polar surface area (TPSA) is 90.2 Å². The molecule has 21 heavy (non-hydrogen) atoms. The smallest absolute Gasteiger partial charge is 0.311 e. The first kappa shape index (κ1) is 14.6. The van der Waals surface area contributed by atoms with Gasteiger partial charge in [-0.3, -0.25) is 10.1 Å². The highest BCUT2D eigenvalue weighted by molar-refractivity contribution is 5.50. The molecule has 2 rings (SSSR count). The highest BCUT2D eigenvalue weighted by Crippen LogP contribution is 2.32. The normalized spacial score (nSPS) is 10.2. The number of aromatic nitrogens is 2. The van der Waals surface area contributed by atoms with Gasteiger partial charge in [-0.15, -0.1) is 0 Å². The Morgan fingerprint density at radius 3 is 2.86 bits per heavy atom. The van der Waals surface area contributed by atoms with Crippen LogP contribution in [-0.2, 0) is 6.42 Å². The van der Waals surface area contributed by atoms with Gasteiger partial charge in [0.15, 0.2) is 0 Å². The molecule has 8 heteroatoms. The summed E-state index contributed by atoms with van der Waals surface area (Å²) in [5, 5.41) is 13.7. The Bertz CT molecular complexity index is 678. The van der Waals surface area contributed by atoms with Crippen LogP contribution >= 0.6 is 0 Å². The van der Waals surface area contributed by atoms with Crippen LogP contribution in [0.2, 0.25) is 0 Å². The Hall–Kier alpha value is -2.77. The number of hydrogen-bond donors (Lipinski definition) is 1. The zero-order valence-electron chi connectivity index (χ0n) is 11.5. The zero-order chi connectivity index (χ0) is 15.4. The van der Waals surface area contributed by atoms with E-state index in [1.54, 1.807) is 13.1 Å². The third-order valence-electron chi connectivity index (χ3n) is 2.77. The van der Waals surface area contributed by atoms with E-state index in [2.05, 4.69) is 15.3 Å². The van der Waals surface area contributed by atoms with Crippen LogP contribution in [0.5, 0.6) is 11.6 Å². The predicted octanol–water partition coefficient (Wildman–Crippen LogP) is 2.92. The molecule has 0 aliphatic carbocycles.